The molecule has 0 radical (unpaired) electrons. The van der Waals surface area contributed by atoms with Crippen LogP contribution in [0.15, 0.2) is 41.0 Å². The third-order valence-corrected chi connectivity index (χ3v) is 5.89. The molecule has 31 heavy (non-hydrogen) atoms. The minimum Gasteiger partial charge on any atom is -0.497 e. The van der Waals surface area contributed by atoms with E-state index in [-0.39, 0.29) is 24.0 Å². The number of benzene rings is 1. The van der Waals surface area contributed by atoms with Crippen molar-refractivity contribution in [2.45, 2.75) is 25.9 Å². The number of ether oxygens (including phenoxy) is 2. The monoisotopic (exact) mass is 556 g/mol. The summed E-state index contributed by atoms with van der Waals surface area (Å²) in [5, 5.41) is 8.95. The molecule has 1 aromatic carbocycles. The second-order valence-electron chi connectivity index (χ2n) is 7.17. The molecule has 1 fully saturated rings. The van der Waals surface area contributed by atoms with Gasteiger partial charge >= 0.3 is 0 Å². The van der Waals surface area contributed by atoms with E-state index in [0.717, 1.165) is 59.9 Å². The average molecular weight is 556 g/mol. The molecule has 0 aliphatic carbocycles. The fourth-order valence-corrected chi connectivity index (χ4v) is 4.33. The van der Waals surface area contributed by atoms with Crippen LogP contribution in [-0.2, 0) is 6.54 Å². The lowest BCUT2D eigenvalue weighted by molar-refractivity contribution is 0.394. The quantitative estimate of drug-likeness (QED) is 0.264. The van der Waals surface area contributed by atoms with E-state index in [1.165, 1.54) is 0 Å². The molecule has 2 aromatic heterocycles. The Bertz CT molecular complexity index is 970. The molecule has 0 bridgehead atoms. The Labute approximate surface area is 203 Å². The maximum atomic E-state index is 5.41. The minimum atomic E-state index is 0. The van der Waals surface area contributed by atoms with Gasteiger partial charge in [0.2, 0.25) is 0 Å². The van der Waals surface area contributed by atoms with Crippen LogP contribution < -0.4 is 25.0 Å². The van der Waals surface area contributed by atoms with Crippen molar-refractivity contribution in [3.05, 3.63) is 41.7 Å². The zero-order valence-electron chi connectivity index (χ0n) is 18.0. The van der Waals surface area contributed by atoms with Crippen molar-refractivity contribution in [2.24, 2.45) is 4.99 Å². The third-order valence-electron chi connectivity index (χ3n) is 5.12. The molecular formula is C21H29IN6O2S. The van der Waals surface area contributed by atoms with Crippen LogP contribution in [-0.4, -0.2) is 55.2 Å². The summed E-state index contributed by atoms with van der Waals surface area (Å²) in [5.74, 6) is 2.43. The number of fused-ring (bicyclic) bond motifs is 1. The maximum Gasteiger partial charge on any atom is 0.193 e. The summed E-state index contributed by atoms with van der Waals surface area (Å²) < 4.78 is 12.9. The van der Waals surface area contributed by atoms with E-state index in [2.05, 4.69) is 39.6 Å². The highest BCUT2D eigenvalue weighted by molar-refractivity contribution is 14.0. The number of guanidine groups is 1. The first kappa shape index (κ1) is 23.5. The van der Waals surface area contributed by atoms with Gasteiger partial charge in [0.25, 0.3) is 0 Å². The summed E-state index contributed by atoms with van der Waals surface area (Å²) in [6.45, 7) is 5.29. The van der Waals surface area contributed by atoms with Crippen LogP contribution in [0.5, 0.6) is 11.5 Å². The fourth-order valence-electron chi connectivity index (χ4n) is 3.61. The number of aromatic nitrogens is 2. The van der Waals surface area contributed by atoms with Crippen molar-refractivity contribution in [3.8, 4) is 11.5 Å². The minimum absolute atomic E-state index is 0. The Morgan fingerprint density at radius 2 is 2.03 bits per heavy atom. The third kappa shape index (κ3) is 5.73. The maximum absolute atomic E-state index is 5.41. The molecule has 3 aromatic rings. The highest BCUT2D eigenvalue weighted by atomic mass is 127. The summed E-state index contributed by atoms with van der Waals surface area (Å²) in [6, 6.07) is 6.31. The van der Waals surface area contributed by atoms with E-state index in [0.29, 0.717) is 12.6 Å². The van der Waals surface area contributed by atoms with Crippen LogP contribution in [0.1, 0.15) is 19.0 Å². The Morgan fingerprint density at radius 1 is 1.26 bits per heavy atom. The molecule has 0 saturated carbocycles. The van der Waals surface area contributed by atoms with Crippen molar-refractivity contribution in [3.63, 3.8) is 0 Å². The number of hydrogen-bond acceptors (Lipinski definition) is 6. The summed E-state index contributed by atoms with van der Waals surface area (Å²) >= 11 is 1.63. The molecule has 1 saturated heterocycles. The Balaban J connectivity index is 0.00000272. The summed E-state index contributed by atoms with van der Waals surface area (Å²) in [4.78, 5) is 12.7. The van der Waals surface area contributed by atoms with Gasteiger partial charge in [0.1, 0.15) is 11.5 Å². The van der Waals surface area contributed by atoms with Gasteiger partial charge < -0.3 is 25.0 Å². The molecule has 10 heteroatoms. The highest BCUT2D eigenvalue weighted by Crippen LogP contribution is 2.30. The van der Waals surface area contributed by atoms with Gasteiger partial charge in [0.15, 0.2) is 10.9 Å². The Hall–Kier alpha value is -2.21. The summed E-state index contributed by atoms with van der Waals surface area (Å²) in [7, 11) is 3.35. The lowest BCUT2D eigenvalue weighted by Gasteiger charge is -2.21. The topological polar surface area (TPSA) is 75.4 Å². The van der Waals surface area contributed by atoms with Crippen molar-refractivity contribution >= 4 is 51.9 Å². The van der Waals surface area contributed by atoms with Crippen LogP contribution in [0.3, 0.4) is 0 Å². The van der Waals surface area contributed by atoms with Crippen molar-refractivity contribution in [1.29, 1.82) is 0 Å². The smallest absolute Gasteiger partial charge is 0.193 e. The molecule has 168 valence electrons. The van der Waals surface area contributed by atoms with Gasteiger partial charge in [-0.3, -0.25) is 4.40 Å². The van der Waals surface area contributed by atoms with Gasteiger partial charge in [0, 0.05) is 67.3 Å². The van der Waals surface area contributed by atoms with Crippen LogP contribution in [0.25, 0.3) is 4.96 Å². The normalized spacial score (nSPS) is 16.3. The molecule has 3 heterocycles. The second kappa shape index (κ2) is 10.9. The number of halogens is 1. The van der Waals surface area contributed by atoms with E-state index in [1.54, 1.807) is 25.6 Å². The molecule has 1 aliphatic rings. The summed E-state index contributed by atoms with van der Waals surface area (Å²) in [5.41, 5.74) is 2.08. The van der Waals surface area contributed by atoms with Gasteiger partial charge in [-0.1, -0.05) is 0 Å². The first-order chi connectivity index (χ1) is 14.7. The van der Waals surface area contributed by atoms with Crippen molar-refractivity contribution in [1.82, 2.24) is 20.0 Å². The van der Waals surface area contributed by atoms with Crippen molar-refractivity contribution in [2.75, 3.05) is 38.8 Å². The number of hydrogen-bond donors (Lipinski definition) is 2. The van der Waals surface area contributed by atoms with E-state index in [9.17, 15) is 0 Å². The lowest BCUT2D eigenvalue weighted by atomic mass is 10.2. The summed E-state index contributed by atoms with van der Waals surface area (Å²) in [6.07, 6.45) is 5.08. The fraction of sp³-hybridized carbons (Fsp3) is 0.429. The Morgan fingerprint density at radius 3 is 2.71 bits per heavy atom. The second-order valence-corrected chi connectivity index (χ2v) is 8.04. The van der Waals surface area contributed by atoms with Crippen LogP contribution in [0.4, 0.5) is 5.69 Å². The van der Waals surface area contributed by atoms with E-state index >= 15 is 0 Å². The predicted octanol–water partition coefficient (Wildman–Crippen LogP) is 3.37. The molecule has 4 rings (SSSR count). The predicted molar refractivity (Wildman–Crippen MR) is 137 cm³/mol. The first-order valence-electron chi connectivity index (χ1n) is 10.1. The van der Waals surface area contributed by atoms with Gasteiger partial charge in [-0.05, 0) is 13.3 Å². The number of aliphatic imine (C=N–C) groups is 1. The number of nitrogens with zero attached hydrogens (tertiary/aromatic N) is 4. The molecule has 0 amide bonds. The number of imidazole rings is 1. The molecule has 1 atom stereocenters. The van der Waals surface area contributed by atoms with Gasteiger partial charge in [0.05, 0.1) is 26.5 Å². The van der Waals surface area contributed by atoms with E-state index < -0.39 is 0 Å². The Kier molecular flexibility index (Phi) is 8.24. The number of nitrogens with one attached hydrogen (secondary N) is 2. The average Bonchev–Trinajstić information content (AvgIpc) is 3.48. The highest BCUT2D eigenvalue weighted by Gasteiger charge is 2.24. The van der Waals surface area contributed by atoms with Crippen LogP contribution in [0, 0.1) is 0 Å². The molecule has 1 unspecified atom stereocenters. The van der Waals surface area contributed by atoms with Gasteiger partial charge in [-0.15, -0.1) is 35.3 Å². The number of rotatable bonds is 7. The largest absolute Gasteiger partial charge is 0.497 e. The standard InChI is InChI=1S/C21H28N6O2S.HI/c1-4-22-20(23-12-16-14-27-7-8-30-21(27)25-16)24-15-5-6-26(13-15)17-9-18(28-2)11-19(10-17)29-3;/h7-11,14-15H,4-6,12-13H2,1-3H3,(H2,22,23,24);1H. The molecule has 8 nitrogen and oxygen atoms in total. The molecule has 0 spiro atoms. The zero-order valence-corrected chi connectivity index (χ0v) is 21.1. The van der Waals surface area contributed by atoms with Crippen molar-refractivity contribution < 1.29 is 9.47 Å². The zero-order chi connectivity index (χ0) is 20.9. The number of thiazole rings is 1. The van der Waals surface area contributed by atoms with Gasteiger partial charge in [-0.25, -0.2) is 9.98 Å². The van der Waals surface area contributed by atoms with E-state index in [4.69, 9.17) is 14.5 Å². The molecule has 1 aliphatic heterocycles. The van der Waals surface area contributed by atoms with Gasteiger partial charge in [-0.2, -0.15) is 0 Å². The molecule has 2 N–H and O–H groups in total. The number of methoxy groups -OCH3 is 2. The first-order valence-corrected chi connectivity index (χ1v) is 11.0. The van der Waals surface area contributed by atoms with Crippen LogP contribution in [0.2, 0.25) is 0 Å². The molecular weight excluding hydrogens is 527 g/mol. The SMILES string of the molecule is CCNC(=NCc1cn2ccsc2n1)NC1CCN(c2cc(OC)cc(OC)c2)C1.I. The number of anilines is 1. The van der Waals surface area contributed by atoms with E-state index in [1.807, 2.05) is 28.2 Å². The van der Waals surface area contributed by atoms with Crippen LogP contribution >= 0.6 is 35.3 Å². The lowest BCUT2D eigenvalue weighted by Crippen LogP contribution is -2.44.